The third kappa shape index (κ3) is 4.00. The summed E-state index contributed by atoms with van der Waals surface area (Å²) in [6.45, 7) is 1.29. The number of hydrogen-bond acceptors (Lipinski definition) is 6. The highest BCUT2D eigenvalue weighted by Gasteiger charge is 2.25. The molecule has 0 aliphatic carbocycles. The number of aliphatic hydroxyl groups excluding tert-OH is 1. The molecule has 17 heavy (non-hydrogen) atoms. The molecule has 0 aliphatic heterocycles. The van der Waals surface area contributed by atoms with E-state index >= 15 is 0 Å². The number of aromatic nitrogens is 1. The van der Waals surface area contributed by atoms with Gasteiger partial charge in [-0.2, -0.15) is 0 Å². The first-order valence-corrected chi connectivity index (χ1v) is 5.68. The summed E-state index contributed by atoms with van der Waals surface area (Å²) in [6.07, 6.45) is -1.23. The topological polar surface area (TPSA) is 126 Å². The summed E-state index contributed by atoms with van der Waals surface area (Å²) in [7, 11) is 0. The predicted octanol–water partition coefficient (Wildman–Crippen LogP) is -0.782. The van der Waals surface area contributed by atoms with E-state index < -0.39 is 24.0 Å². The van der Waals surface area contributed by atoms with Crippen LogP contribution in [0.5, 0.6) is 0 Å². The molecule has 7 nitrogen and oxygen atoms in total. The van der Waals surface area contributed by atoms with Gasteiger partial charge in [0, 0.05) is 5.38 Å². The molecule has 8 heteroatoms. The SMILES string of the molecule is C[C@@H](O)[C@H](NC(=O)Cc1csc(N)n1)C(=O)O. The number of nitrogens with zero attached hydrogens (tertiary/aromatic N) is 1. The minimum absolute atomic E-state index is 0.0653. The van der Waals surface area contributed by atoms with E-state index in [9.17, 15) is 14.7 Å². The van der Waals surface area contributed by atoms with E-state index in [1.54, 1.807) is 5.38 Å². The molecule has 5 N–H and O–H groups in total. The molecule has 0 unspecified atom stereocenters. The lowest BCUT2D eigenvalue weighted by Crippen LogP contribution is -2.48. The molecule has 0 bridgehead atoms. The predicted molar refractivity (Wildman–Crippen MR) is 61.5 cm³/mol. The first kappa shape index (κ1) is 13.4. The van der Waals surface area contributed by atoms with Gasteiger partial charge in [0.2, 0.25) is 5.91 Å². The van der Waals surface area contributed by atoms with Crippen LogP contribution in [0.15, 0.2) is 5.38 Å². The van der Waals surface area contributed by atoms with Crippen LogP contribution in [0.1, 0.15) is 12.6 Å². The van der Waals surface area contributed by atoms with Crippen molar-refractivity contribution in [1.82, 2.24) is 10.3 Å². The number of aliphatic carboxylic acids is 1. The molecule has 2 atom stereocenters. The molecule has 0 aliphatic rings. The minimum atomic E-state index is -1.32. The van der Waals surface area contributed by atoms with Crippen molar-refractivity contribution in [3.8, 4) is 0 Å². The Morgan fingerprint density at radius 2 is 2.29 bits per heavy atom. The van der Waals surface area contributed by atoms with Gasteiger partial charge < -0.3 is 21.3 Å². The number of rotatable bonds is 5. The van der Waals surface area contributed by atoms with Crippen LogP contribution in [0.3, 0.4) is 0 Å². The Labute approximate surface area is 101 Å². The van der Waals surface area contributed by atoms with Crippen molar-refractivity contribution < 1.29 is 19.8 Å². The third-order valence-electron chi connectivity index (χ3n) is 1.98. The molecule has 1 aromatic heterocycles. The van der Waals surface area contributed by atoms with E-state index in [0.717, 1.165) is 0 Å². The van der Waals surface area contributed by atoms with E-state index in [-0.39, 0.29) is 6.42 Å². The maximum atomic E-state index is 11.5. The van der Waals surface area contributed by atoms with Gasteiger partial charge in [0.15, 0.2) is 11.2 Å². The number of carbonyl (C=O) groups excluding carboxylic acids is 1. The highest BCUT2D eigenvalue weighted by atomic mass is 32.1. The van der Waals surface area contributed by atoms with Crippen molar-refractivity contribution in [1.29, 1.82) is 0 Å². The van der Waals surface area contributed by atoms with E-state index in [1.807, 2.05) is 0 Å². The lowest BCUT2D eigenvalue weighted by Gasteiger charge is -2.16. The molecule has 0 saturated carbocycles. The molecular weight excluding hydrogens is 246 g/mol. The fourth-order valence-corrected chi connectivity index (χ4v) is 1.74. The van der Waals surface area contributed by atoms with Gasteiger partial charge in [0.05, 0.1) is 18.2 Å². The van der Waals surface area contributed by atoms with Gasteiger partial charge in [-0.05, 0) is 6.92 Å². The maximum Gasteiger partial charge on any atom is 0.328 e. The van der Waals surface area contributed by atoms with Crippen molar-refractivity contribution in [2.75, 3.05) is 5.73 Å². The molecular formula is C9H13N3O4S. The van der Waals surface area contributed by atoms with E-state index in [2.05, 4.69) is 10.3 Å². The van der Waals surface area contributed by atoms with Crippen molar-refractivity contribution in [3.05, 3.63) is 11.1 Å². The van der Waals surface area contributed by atoms with Crippen molar-refractivity contribution >= 4 is 28.3 Å². The Balaban J connectivity index is 2.56. The maximum absolute atomic E-state index is 11.5. The average molecular weight is 259 g/mol. The van der Waals surface area contributed by atoms with E-state index in [4.69, 9.17) is 10.8 Å². The highest BCUT2D eigenvalue weighted by molar-refractivity contribution is 7.13. The van der Waals surface area contributed by atoms with E-state index in [1.165, 1.54) is 18.3 Å². The van der Waals surface area contributed by atoms with Crippen LogP contribution >= 0.6 is 11.3 Å². The summed E-state index contributed by atoms with van der Waals surface area (Å²) in [5.74, 6) is -1.81. The second-order valence-corrected chi connectivity index (χ2v) is 4.37. The largest absolute Gasteiger partial charge is 0.480 e. The first-order valence-electron chi connectivity index (χ1n) is 4.80. The number of aliphatic hydroxyl groups is 1. The quantitative estimate of drug-likeness (QED) is 0.549. The zero-order valence-electron chi connectivity index (χ0n) is 9.08. The molecule has 94 valence electrons. The van der Waals surface area contributed by atoms with Crippen LogP contribution in [-0.4, -0.2) is 39.2 Å². The number of carboxylic acid groups (broad SMARTS) is 1. The summed E-state index contributed by atoms with van der Waals surface area (Å²) < 4.78 is 0. The number of hydrogen-bond donors (Lipinski definition) is 4. The second kappa shape index (κ2) is 5.60. The molecule has 0 spiro atoms. The number of carboxylic acids is 1. The highest BCUT2D eigenvalue weighted by Crippen LogP contribution is 2.11. The number of nitrogens with two attached hydrogens (primary N) is 1. The Morgan fingerprint density at radius 1 is 1.65 bits per heavy atom. The van der Waals surface area contributed by atoms with Crippen molar-refractivity contribution in [3.63, 3.8) is 0 Å². The average Bonchev–Trinajstić information content (AvgIpc) is 2.59. The van der Waals surface area contributed by atoms with Crippen LogP contribution in [-0.2, 0) is 16.0 Å². The van der Waals surface area contributed by atoms with Gasteiger partial charge in [0.1, 0.15) is 0 Å². The van der Waals surface area contributed by atoms with Crippen LogP contribution < -0.4 is 11.1 Å². The Kier molecular flexibility index (Phi) is 4.41. The zero-order valence-corrected chi connectivity index (χ0v) is 9.90. The van der Waals surface area contributed by atoms with Crippen molar-refractivity contribution in [2.45, 2.75) is 25.5 Å². The normalized spacial score (nSPS) is 14.0. The van der Waals surface area contributed by atoms with Crippen molar-refractivity contribution in [2.24, 2.45) is 0 Å². The summed E-state index contributed by atoms with van der Waals surface area (Å²) in [5.41, 5.74) is 5.87. The molecule has 1 aromatic rings. The van der Waals surface area contributed by atoms with Gasteiger partial charge in [0.25, 0.3) is 0 Å². The molecule has 0 radical (unpaired) electrons. The van der Waals surface area contributed by atoms with E-state index in [0.29, 0.717) is 10.8 Å². The van der Waals surface area contributed by atoms with Crippen LogP contribution in [0.4, 0.5) is 5.13 Å². The lowest BCUT2D eigenvalue weighted by molar-refractivity contribution is -0.144. The van der Waals surface area contributed by atoms with Gasteiger partial charge >= 0.3 is 5.97 Å². The van der Waals surface area contributed by atoms with Crippen LogP contribution in [0.25, 0.3) is 0 Å². The molecule has 0 aromatic carbocycles. The number of amides is 1. The lowest BCUT2D eigenvalue weighted by atomic mass is 10.2. The first-order chi connectivity index (χ1) is 7.90. The zero-order chi connectivity index (χ0) is 13.0. The number of anilines is 1. The molecule has 0 saturated heterocycles. The second-order valence-electron chi connectivity index (χ2n) is 3.48. The fraction of sp³-hybridized carbons (Fsp3) is 0.444. The summed E-state index contributed by atoms with van der Waals surface area (Å²) in [4.78, 5) is 26.1. The number of nitrogen functional groups attached to an aromatic ring is 1. The Bertz CT molecular complexity index is 418. The summed E-state index contributed by atoms with van der Waals surface area (Å²) >= 11 is 1.20. The summed E-state index contributed by atoms with van der Waals surface area (Å²) in [6, 6.07) is -1.32. The Morgan fingerprint density at radius 3 is 2.71 bits per heavy atom. The number of carbonyl (C=O) groups is 2. The molecule has 0 fully saturated rings. The monoisotopic (exact) mass is 259 g/mol. The molecule has 1 heterocycles. The van der Waals surface area contributed by atoms with Crippen LogP contribution in [0, 0.1) is 0 Å². The smallest absolute Gasteiger partial charge is 0.328 e. The number of nitrogens with one attached hydrogen (secondary N) is 1. The minimum Gasteiger partial charge on any atom is -0.480 e. The summed E-state index contributed by atoms with van der Waals surface area (Å²) in [5, 5.41) is 22.1. The van der Waals surface area contributed by atoms with Gasteiger partial charge in [-0.15, -0.1) is 11.3 Å². The fourth-order valence-electron chi connectivity index (χ4n) is 1.18. The van der Waals surface area contributed by atoms with Gasteiger partial charge in [-0.3, -0.25) is 4.79 Å². The standard InChI is InChI=1S/C9H13N3O4S/c1-4(13)7(8(15)16)12-6(14)2-5-3-17-9(10)11-5/h3-4,7,13H,2H2,1H3,(H2,10,11)(H,12,14)(H,15,16)/t4-,7+/m1/s1. The van der Waals surface area contributed by atoms with Gasteiger partial charge in [-0.25, -0.2) is 9.78 Å². The Hall–Kier alpha value is -1.67. The molecule has 1 amide bonds. The van der Waals surface area contributed by atoms with Crippen LogP contribution in [0.2, 0.25) is 0 Å². The third-order valence-corrected chi connectivity index (χ3v) is 2.70. The number of thiazole rings is 1. The molecule has 1 rings (SSSR count). The van der Waals surface area contributed by atoms with Gasteiger partial charge in [-0.1, -0.05) is 0 Å².